The van der Waals surface area contributed by atoms with E-state index in [-0.39, 0.29) is 41.5 Å². The van der Waals surface area contributed by atoms with E-state index in [1.165, 1.54) is 20.3 Å². The van der Waals surface area contributed by atoms with Crippen molar-refractivity contribution in [2.24, 2.45) is 0 Å². The fourth-order valence-electron chi connectivity index (χ4n) is 3.78. The number of rotatable bonds is 7. The minimum atomic E-state index is -1.54. The Morgan fingerprint density at radius 1 is 1.00 bits per heavy atom. The summed E-state index contributed by atoms with van der Waals surface area (Å²) in [5, 5.41) is 51.5. The average molecular weight is 456 g/mol. The molecule has 1 aliphatic rings. The Morgan fingerprint density at radius 2 is 1.66 bits per heavy atom. The van der Waals surface area contributed by atoms with Crippen molar-refractivity contribution in [1.82, 2.24) is 0 Å². The van der Waals surface area contributed by atoms with Crippen LogP contribution < -0.4 is 44.1 Å². The summed E-state index contributed by atoms with van der Waals surface area (Å²) >= 11 is 0. The van der Waals surface area contributed by atoms with Crippen molar-refractivity contribution in [3.05, 3.63) is 58.7 Å². The van der Waals surface area contributed by atoms with E-state index in [2.05, 4.69) is 0 Å². The molecule has 1 aliphatic heterocycles. The minimum Gasteiger partial charge on any atom is -0.545 e. The number of carbonyl (C=O) groups excluding carboxylic acids is 1. The Hall–Kier alpha value is -1.69. The Balaban J connectivity index is 0.00000363. The topological polar surface area (TPSA) is 149 Å². The van der Waals surface area contributed by atoms with Gasteiger partial charge in [-0.3, -0.25) is 0 Å². The fraction of sp³-hybridized carbons (Fsp3) is 0.409. The first kappa shape index (κ1) is 26.6. The smallest absolute Gasteiger partial charge is 0.545 e. The molecule has 0 aromatic heterocycles. The SMILES string of the molecule is COc1cc([C@@H]2O[C@H](CO)[C@H](O)[C@H](O)[C@H]2O)c(OC)cc1Cc1ccccc1C(=O)[O-].[Na+]. The second-order valence-corrected chi connectivity index (χ2v) is 7.28. The predicted molar refractivity (Wildman–Crippen MR) is 106 cm³/mol. The van der Waals surface area contributed by atoms with Crippen LogP contribution in [-0.4, -0.2) is 71.6 Å². The van der Waals surface area contributed by atoms with E-state index in [0.717, 1.165) is 0 Å². The third kappa shape index (κ3) is 5.27. The monoisotopic (exact) mass is 456 g/mol. The Morgan fingerprint density at radius 3 is 2.25 bits per heavy atom. The molecule has 5 atom stereocenters. The number of ether oxygens (including phenoxy) is 3. The molecule has 0 saturated carbocycles. The molecule has 0 aliphatic carbocycles. The van der Waals surface area contributed by atoms with E-state index in [0.29, 0.717) is 28.2 Å². The van der Waals surface area contributed by atoms with Crippen LogP contribution >= 0.6 is 0 Å². The molecule has 4 N–H and O–H groups in total. The molecular weight excluding hydrogens is 431 g/mol. The predicted octanol–water partition coefficient (Wildman–Crippen LogP) is -3.82. The van der Waals surface area contributed by atoms with Gasteiger partial charge in [-0.05, 0) is 17.7 Å². The van der Waals surface area contributed by atoms with Crippen molar-refractivity contribution < 1.29 is 74.1 Å². The van der Waals surface area contributed by atoms with Crippen LogP contribution in [0, 0.1) is 0 Å². The van der Waals surface area contributed by atoms with Gasteiger partial charge in [-0.15, -0.1) is 0 Å². The number of benzene rings is 2. The third-order valence-electron chi connectivity index (χ3n) is 5.45. The van der Waals surface area contributed by atoms with Gasteiger partial charge in [0.1, 0.15) is 42.0 Å². The van der Waals surface area contributed by atoms with Gasteiger partial charge in [0, 0.05) is 23.1 Å². The summed E-state index contributed by atoms with van der Waals surface area (Å²) in [6.07, 6.45) is -6.48. The van der Waals surface area contributed by atoms with Crippen LogP contribution in [0.1, 0.15) is 33.2 Å². The van der Waals surface area contributed by atoms with Crippen LogP contribution in [0.15, 0.2) is 36.4 Å². The second kappa shape index (κ2) is 11.4. The van der Waals surface area contributed by atoms with Gasteiger partial charge in [0.2, 0.25) is 0 Å². The van der Waals surface area contributed by atoms with E-state index < -0.39 is 43.1 Å². The van der Waals surface area contributed by atoms with Crippen molar-refractivity contribution in [3.8, 4) is 11.5 Å². The molecule has 0 spiro atoms. The summed E-state index contributed by atoms with van der Waals surface area (Å²) in [4.78, 5) is 11.4. The van der Waals surface area contributed by atoms with Crippen molar-refractivity contribution in [2.45, 2.75) is 36.9 Å². The van der Waals surface area contributed by atoms with Crippen molar-refractivity contribution >= 4 is 5.97 Å². The molecule has 10 heteroatoms. The first-order valence-corrected chi connectivity index (χ1v) is 9.66. The Kier molecular flexibility index (Phi) is 9.50. The summed E-state index contributed by atoms with van der Waals surface area (Å²) in [5.74, 6) is -0.619. The molecular formula is C22H25NaO9. The van der Waals surface area contributed by atoms with Gasteiger partial charge in [0.15, 0.2) is 0 Å². The number of aliphatic hydroxyl groups excluding tert-OH is 4. The van der Waals surface area contributed by atoms with Crippen LogP contribution in [0.4, 0.5) is 0 Å². The van der Waals surface area contributed by atoms with E-state index in [9.17, 15) is 30.3 Å². The van der Waals surface area contributed by atoms with E-state index >= 15 is 0 Å². The first-order chi connectivity index (χ1) is 14.8. The van der Waals surface area contributed by atoms with E-state index in [1.54, 1.807) is 30.3 Å². The maximum atomic E-state index is 11.4. The number of aromatic carboxylic acids is 1. The van der Waals surface area contributed by atoms with Crippen molar-refractivity contribution in [1.29, 1.82) is 0 Å². The molecule has 0 unspecified atom stereocenters. The number of aliphatic hydroxyl groups is 4. The normalized spacial score (nSPS) is 25.0. The van der Waals surface area contributed by atoms with Gasteiger partial charge in [0.05, 0.1) is 26.8 Å². The quantitative estimate of drug-likeness (QED) is 0.308. The molecule has 0 amide bonds. The molecule has 168 valence electrons. The molecule has 1 fully saturated rings. The number of carbonyl (C=O) groups is 1. The largest absolute Gasteiger partial charge is 1.00 e. The summed E-state index contributed by atoms with van der Waals surface area (Å²) in [7, 11) is 2.85. The van der Waals surface area contributed by atoms with E-state index in [1.807, 2.05) is 0 Å². The third-order valence-corrected chi connectivity index (χ3v) is 5.45. The molecule has 1 saturated heterocycles. The standard InChI is InChI=1S/C22H26O9.Na/c1-29-15-9-14(21-20(26)19(25)18(24)17(10-23)31-21)16(30-2)8-12(15)7-11-5-3-4-6-13(11)22(27)28;/h3-6,8-9,17-21,23-26H,7,10H2,1-2H3,(H,27,28);/q;+1/p-1/t17-,18+,19+,20-,21+;/m1./s1. The van der Waals surface area contributed by atoms with Crippen LogP contribution in [0.3, 0.4) is 0 Å². The van der Waals surface area contributed by atoms with Crippen molar-refractivity contribution in [3.63, 3.8) is 0 Å². The van der Waals surface area contributed by atoms with Gasteiger partial charge in [0.25, 0.3) is 0 Å². The summed E-state index contributed by atoms with van der Waals surface area (Å²) in [5.41, 5.74) is 1.53. The van der Waals surface area contributed by atoms with Gasteiger partial charge in [-0.25, -0.2) is 0 Å². The molecule has 3 rings (SSSR count). The second-order valence-electron chi connectivity index (χ2n) is 7.28. The number of hydrogen-bond acceptors (Lipinski definition) is 9. The van der Waals surface area contributed by atoms with Crippen LogP contribution in [0.2, 0.25) is 0 Å². The summed E-state index contributed by atoms with van der Waals surface area (Å²) < 4.78 is 16.6. The minimum absolute atomic E-state index is 0. The van der Waals surface area contributed by atoms with E-state index in [4.69, 9.17) is 14.2 Å². The molecule has 2 aromatic carbocycles. The average Bonchev–Trinajstić information content (AvgIpc) is 2.78. The summed E-state index contributed by atoms with van der Waals surface area (Å²) in [6, 6.07) is 9.63. The van der Waals surface area contributed by atoms with Crippen LogP contribution in [0.5, 0.6) is 11.5 Å². The Bertz CT molecular complexity index is 934. The van der Waals surface area contributed by atoms with Crippen LogP contribution in [0.25, 0.3) is 0 Å². The maximum absolute atomic E-state index is 11.4. The van der Waals surface area contributed by atoms with Gasteiger partial charge >= 0.3 is 29.6 Å². The maximum Gasteiger partial charge on any atom is 1.00 e. The van der Waals surface area contributed by atoms with Gasteiger partial charge < -0.3 is 44.5 Å². The molecule has 0 bridgehead atoms. The zero-order valence-corrected chi connectivity index (χ0v) is 20.1. The molecule has 1 heterocycles. The molecule has 9 nitrogen and oxygen atoms in total. The molecule has 32 heavy (non-hydrogen) atoms. The number of carboxylic acids is 1. The zero-order chi connectivity index (χ0) is 22.7. The number of carboxylic acid groups (broad SMARTS) is 1. The molecule has 0 radical (unpaired) electrons. The Labute approximate surface area is 207 Å². The van der Waals surface area contributed by atoms with Crippen LogP contribution in [-0.2, 0) is 11.2 Å². The number of methoxy groups -OCH3 is 2. The first-order valence-electron chi connectivity index (χ1n) is 9.66. The van der Waals surface area contributed by atoms with Gasteiger partial charge in [-0.2, -0.15) is 0 Å². The number of hydrogen-bond donors (Lipinski definition) is 4. The zero-order valence-electron chi connectivity index (χ0n) is 18.1. The molecule has 2 aromatic rings. The summed E-state index contributed by atoms with van der Waals surface area (Å²) in [6.45, 7) is -0.557. The van der Waals surface area contributed by atoms with Crippen molar-refractivity contribution in [2.75, 3.05) is 20.8 Å². The fourth-order valence-corrected chi connectivity index (χ4v) is 3.78. The van der Waals surface area contributed by atoms with Gasteiger partial charge in [-0.1, -0.05) is 24.3 Å².